The van der Waals surface area contributed by atoms with Crippen LogP contribution in [0.3, 0.4) is 0 Å². The lowest BCUT2D eigenvalue weighted by Crippen LogP contribution is -2.08. The molecule has 0 bridgehead atoms. The average Bonchev–Trinajstić information content (AvgIpc) is 2.40. The highest BCUT2D eigenvalue weighted by Crippen LogP contribution is 2.17. The molecule has 0 saturated carbocycles. The van der Waals surface area contributed by atoms with Crippen LogP contribution in [-0.2, 0) is 11.3 Å². The number of carbonyl (C=O) groups excluding carboxylic acids is 1. The third-order valence-corrected chi connectivity index (χ3v) is 3.14. The molecule has 1 aromatic heterocycles. The van der Waals surface area contributed by atoms with Crippen LogP contribution in [0.15, 0.2) is 41.0 Å². The lowest BCUT2D eigenvalue weighted by atomic mass is 10.2. The first-order valence-electron chi connectivity index (χ1n) is 5.39. The predicted molar refractivity (Wildman–Crippen MR) is 76.9 cm³/mol. The summed E-state index contributed by atoms with van der Waals surface area (Å²) in [7, 11) is 0. The molecule has 0 radical (unpaired) electrons. The summed E-state index contributed by atoms with van der Waals surface area (Å²) in [6.45, 7) is 0.172. The lowest BCUT2D eigenvalue weighted by Gasteiger charge is -2.07. The van der Waals surface area contributed by atoms with E-state index in [1.54, 1.807) is 0 Å². The Morgan fingerprint density at radius 2 is 2.05 bits per heavy atom. The maximum absolute atomic E-state index is 11.9. The summed E-state index contributed by atoms with van der Waals surface area (Å²) in [6.07, 6.45) is 1.33. The minimum atomic E-state index is -0.523. The molecule has 0 saturated heterocycles. The Morgan fingerprint density at radius 1 is 1.37 bits per heavy atom. The molecular formula is C13H10BrClN2O2. The molecule has 0 fully saturated rings. The number of nitrogens with zero attached hydrogens (tertiary/aromatic N) is 1. The summed E-state index contributed by atoms with van der Waals surface area (Å²) in [6, 6.07) is 8.86. The average molecular weight is 342 g/mol. The second-order valence-corrected chi connectivity index (χ2v) is 5.10. The molecule has 0 aliphatic heterocycles. The number of anilines is 1. The van der Waals surface area contributed by atoms with E-state index in [2.05, 4.69) is 20.9 Å². The number of carbonyl (C=O) groups is 1. The molecule has 4 nitrogen and oxygen atoms in total. The topological polar surface area (TPSA) is 65.2 Å². The third kappa shape index (κ3) is 3.68. The van der Waals surface area contributed by atoms with Crippen LogP contribution in [0.5, 0.6) is 0 Å². The van der Waals surface area contributed by atoms with Gasteiger partial charge in [0.1, 0.15) is 11.8 Å². The van der Waals surface area contributed by atoms with Gasteiger partial charge < -0.3 is 10.5 Å². The molecule has 2 N–H and O–H groups in total. The van der Waals surface area contributed by atoms with Crippen LogP contribution in [-0.4, -0.2) is 11.0 Å². The van der Waals surface area contributed by atoms with Crippen molar-refractivity contribution in [3.63, 3.8) is 0 Å². The number of hydrogen-bond donors (Lipinski definition) is 1. The number of nitrogen functional groups attached to an aromatic ring is 1. The number of aromatic nitrogens is 1. The van der Waals surface area contributed by atoms with E-state index < -0.39 is 5.97 Å². The van der Waals surface area contributed by atoms with Gasteiger partial charge in [0.25, 0.3) is 0 Å². The molecular weight excluding hydrogens is 332 g/mol. The van der Waals surface area contributed by atoms with Gasteiger partial charge in [-0.2, -0.15) is 0 Å². The van der Waals surface area contributed by atoms with Gasteiger partial charge in [-0.1, -0.05) is 39.7 Å². The summed E-state index contributed by atoms with van der Waals surface area (Å²) >= 11 is 9.05. The van der Waals surface area contributed by atoms with Crippen LogP contribution in [0, 0.1) is 0 Å². The van der Waals surface area contributed by atoms with Crippen molar-refractivity contribution >= 4 is 39.2 Å². The zero-order chi connectivity index (χ0) is 13.8. The lowest BCUT2D eigenvalue weighted by molar-refractivity contribution is 0.0474. The van der Waals surface area contributed by atoms with Crippen molar-refractivity contribution in [2.75, 3.05) is 5.73 Å². The molecule has 0 atom stereocenters. The van der Waals surface area contributed by atoms with Crippen molar-refractivity contribution < 1.29 is 9.53 Å². The van der Waals surface area contributed by atoms with Gasteiger partial charge in [-0.05, 0) is 23.8 Å². The molecule has 0 spiro atoms. The first-order chi connectivity index (χ1) is 9.06. The SMILES string of the molecule is Nc1cnc(Cl)cc1C(=O)OCc1ccc(Br)cc1. The number of esters is 1. The number of rotatable bonds is 3. The minimum absolute atomic E-state index is 0.172. The highest BCUT2D eigenvalue weighted by Gasteiger charge is 2.12. The first kappa shape index (κ1) is 13.8. The van der Waals surface area contributed by atoms with Crippen LogP contribution in [0.25, 0.3) is 0 Å². The van der Waals surface area contributed by atoms with Crippen molar-refractivity contribution in [3.05, 3.63) is 57.3 Å². The standard InChI is InChI=1S/C13H10BrClN2O2/c14-9-3-1-8(2-4-9)7-19-13(18)10-5-12(15)17-6-11(10)16/h1-6H,7,16H2. The fraction of sp³-hybridized carbons (Fsp3) is 0.0769. The summed E-state index contributed by atoms with van der Waals surface area (Å²) < 4.78 is 6.13. The molecule has 0 aliphatic rings. The maximum atomic E-state index is 11.9. The van der Waals surface area contributed by atoms with E-state index in [4.69, 9.17) is 22.1 Å². The van der Waals surface area contributed by atoms with E-state index in [0.29, 0.717) is 0 Å². The molecule has 1 heterocycles. The molecule has 98 valence electrons. The van der Waals surface area contributed by atoms with E-state index in [-0.39, 0.29) is 23.0 Å². The molecule has 2 rings (SSSR count). The van der Waals surface area contributed by atoms with E-state index >= 15 is 0 Å². The predicted octanol–water partition coefficient (Wildman–Crippen LogP) is 3.44. The highest BCUT2D eigenvalue weighted by molar-refractivity contribution is 9.10. The van der Waals surface area contributed by atoms with Crippen LogP contribution in [0.4, 0.5) is 5.69 Å². The second kappa shape index (κ2) is 6.04. The smallest absolute Gasteiger partial charge is 0.340 e. The summed E-state index contributed by atoms with van der Waals surface area (Å²) in [4.78, 5) is 15.6. The summed E-state index contributed by atoms with van der Waals surface area (Å²) in [5.41, 5.74) is 7.00. The number of halogens is 2. The van der Waals surface area contributed by atoms with Crippen LogP contribution in [0.2, 0.25) is 5.15 Å². The largest absolute Gasteiger partial charge is 0.457 e. The van der Waals surface area contributed by atoms with E-state index in [0.717, 1.165) is 10.0 Å². The van der Waals surface area contributed by atoms with Crippen molar-refractivity contribution in [2.24, 2.45) is 0 Å². The normalized spacial score (nSPS) is 10.2. The summed E-state index contributed by atoms with van der Waals surface area (Å²) in [5.74, 6) is -0.523. The number of ether oxygens (including phenoxy) is 1. The number of nitrogens with two attached hydrogens (primary N) is 1. The Bertz CT molecular complexity index is 602. The molecule has 6 heteroatoms. The van der Waals surface area contributed by atoms with Gasteiger partial charge in [0.15, 0.2) is 0 Å². The van der Waals surface area contributed by atoms with Gasteiger partial charge in [-0.3, -0.25) is 0 Å². The van der Waals surface area contributed by atoms with Gasteiger partial charge in [0, 0.05) is 4.47 Å². The molecule has 1 aromatic carbocycles. The van der Waals surface area contributed by atoms with Crippen LogP contribution >= 0.6 is 27.5 Å². The third-order valence-electron chi connectivity index (χ3n) is 2.40. The van der Waals surface area contributed by atoms with Gasteiger partial charge in [-0.15, -0.1) is 0 Å². The Morgan fingerprint density at radius 3 is 2.74 bits per heavy atom. The maximum Gasteiger partial charge on any atom is 0.340 e. The van der Waals surface area contributed by atoms with Crippen LogP contribution in [0.1, 0.15) is 15.9 Å². The first-order valence-corrected chi connectivity index (χ1v) is 6.56. The quantitative estimate of drug-likeness (QED) is 0.686. The Hall–Kier alpha value is -1.59. The van der Waals surface area contributed by atoms with E-state index in [1.165, 1.54) is 12.3 Å². The van der Waals surface area contributed by atoms with Crippen LogP contribution < -0.4 is 5.73 Å². The van der Waals surface area contributed by atoms with Crippen molar-refractivity contribution in [1.29, 1.82) is 0 Å². The van der Waals surface area contributed by atoms with E-state index in [1.807, 2.05) is 24.3 Å². The van der Waals surface area contributed by atoms with E-state index in [9.17, 15) is 4.79 Å². The number of benzene rings is 1. The number of hydrogen-bond acceptors (Lipinski definition) is 4. The Labute approximate surface area is 123 Å². The zero-order valence-electron chi connectivity index (χ0n) is 9.77. The van der Waals surface area contributed by atoms with Gasteiger partial charge in [-0.25, -0.2) is 9.78 Å². The monoisotopic (exact) mass is 340 g/mol. The fourth-order valence-corrected chi connectivity index (χ4v) is 1.85. The second-order valence-electron chi connectivity index (χ2n) is 3.80. The molecule has 2 aromatic rings. The molecule has 0 unspecified atom stereocenters. The summed E-state index contributed by atoms with van der Waals surface area (Å²) in [5, 5.41) is 0.199. The molecule has 19 heavy (non-hydrogen) atoms. The zero-order valence-corrected chi connectivity index (χ0v) is 12.1. The van der Waals surface area contributed by atoms with Crippen molar-refractivity contribution in [1.82, 2.24) is 4.98 Å². The number of pyridine rings is 1. The van der Waals surface area contributed by atoms with Gasteiger partial charge >= 0.3 is 5.97 Å². The molecule has 0 amide bonds. The Balaban J connectivity index is 2.05. The van der Waals surface area contributed by atoms with Crippen molar-refractivity contribution in [2.45, 2.75) is 6.61 Å². The van der Waals surface area contributed by atoms with Gasteiger partial charge in [0.05, 0.1) is 17.4 Å². The Kier molecular flexibility index (Phi) is 4.39. The van der Waals surface area contributed by atoms with Gasteiger partial charge in [0.2, 0.25) is 0 Å². The highest BCUT2D eigenvalue weighted by atomic mass is 79.9. The molecule has 0 aliphatic carbocycles. The fourth-order valence-electron chi connectivity index (χ4n) is 1.42. The van der Waals surface area contributed by atoms with Crippen molar-refractivity contribution in [3.8, 4) is 0 Å². The minimum Gasteiger partial charge on any atom is -0.457 e.